The lowest BCUT2D eigenvalue weighted by Crippen LogP contribution is -2.15. The number of carbonyl (C=O) groups excluding carboxylic acids is 2. The third-order valence-corrected chi connectivity index (χ3v) is 4.59. The normalized spacial score (nSPS) is 10.3. The van der Waals surface area contributed by atoms with Crippen LogP contribution < -0.4 is 15.4 Å². The molecule has 0 bridgehead atoms. The third kappa shape index (κ3) is 4.92. The maximum absolute atomic E-state index is 12.3. The minimum atomic E-state index is -0.231. The van der Waals surface area contributed by atoms with E-state index < -0.39 is 0 Å². The minimum absolute atomic E-state index is 0.106. The quantitative estimate of drug-likeness (QED) is 0.679. The molecule has 1 aromatic heterocycles. The van der Waals surface area contributed by atoms with Crippen molar-refractivity contribution >= 4 is 34.0 Å². The highest BCUT2D eigenvalue weighted by Gasteiger charge is 2.13. The van der Waals surface area contributed by atoms with Gasteiger partial charge in [-0.1, -0.05) is 24.3 Å². The fourth-order valence-electron chi connectivity index (χ4n) is 2.47. The van der Waals surface area contributed by atoms with Crippen LogP contribution in [0.4, 0.5) is 10.8 Å². The van der Waals surface area contributed by atoms with Crippen molar-refractivity contribution in [2.24, 2.45) is 0 Å². The molecule has 0 fully saturated rings. The molecule has 3 rings (SSSR count). The first kappa shape index (κ1) is 18.6. The van der Waals surface area contributed by atoms with Gasteiger partial charge in [-0.25, -0.2) is 4.98 Å². The van der Waals surface area contributed by atoms with Crippen molar-refractivity contribution in [2.75, 3.05) is 17.7 Å². The van der Waals surface area contributed by atoms with Gasteiger partial charge in [0.2, 0.25) is 5.91 Å². The number of thiazole rings is 1. The molecule has 2 N–H and O–H groups in total. The summed E-state index contributed by atoms with van der Waals surface area (Å²) in [5.41, 5.74) is 2.80. The van der Waals surface area contributed by atoms with Crippen molar-refractivity contribution in [1.29, 1.82) is 0 Å². The molecule has 6 nitrogen and oxygen atoms in total. The van der Waals surface area contributed by atoms with E-state index in [4.69, 9.17) is 4.74 Å². The lowest BCUT2D eigenvalue weighted by Gasteiger charge is -2.10. The predicted octanol–water partition coefficient (Wildman–Crippen LogP) is 3.89. The number of ether oxygens (including phenoxy) is 1. The number of aryl methyl sites for hydroxylation is 1. The second kappa shape index (κ2) is 8.46. The molecule has 0 radical (unpaired) electrons. The molecule has 27 heavy (non-hydrogen) atoms. The maximum Gasteiger partial charge on any atom is 0.257 e. The summed E-state index contributed by atoms with van der Waals surface area (Å²) in [7, 11) is 1.56. The number of aromatic nitrogens is 1. The topological polar surface area (TPSA) is 80.3 Å². The first-order valence-electron chi connectivity index (χ1n) is 8.30. The Bertz CT molecular complexity index is 954. The molecular weight excluding hydrogens is 362 g/mol. The molecule has 0 aliphatic carbocycles. The number of amides is 2. The van der Waals surface area contributed by atoms with Crippen molar-refractivity contribution in [2.45, 2.75) is 13.3 Å². The molecule has 0 saturated heterocycles. The molecule has 0 aliphatic rings. The molecule has 2 aromatic carbocycles. The number of methoxy groups -OCH3 is 1. The van der Waals surface area contributed by atoms with Gasteiger partial charge >= 0.3 is 0 Å². The van der Waals surface area contributed by atoms with Crippen LogP contribution in [0, 0.1) is 6.92 Å². The Morgan fingerprint density at radius 2 is 1.89 bits per heavy atom. The summed E-state index contributed by atoms with van der Waals surface area (Å²) in [5.74, 6) is 0.172. The second-order valence-electron chi connectivity index (χ2n) is 5.89. The first-order valence-corrected chi connectivity index (χ1v) is 9.18. The van der Waals surface area contributed by atoms with E-state index in [-0.39, 0.29) is 18.2 Å². The van der Waals surface area contributed by atoms with Crippen LogP contribution in [-0.4, -0.2) is 23.9 Å². The van der Waals surface area contributed by atoms with Crippen LogP contribution in [0.15, 0.2) is 53.9 Å². The second-order valence-corrected chi connectivity index (χ2v) is 6.75. The fraction of sp³-hybridized carbons (Fsp3) is 0.150. The number of benzene rings is 2. The number of hydrogen-bond donors (Lipinski definition) is 2. The predicted molar refractivity (Wildman–Crippen MR) is 107 cm³/mol. The number of anilines is 2. The van der Waals surface area contributed by atoms with Crippen LogP contribution in [0.3, 0.4) is 0 Å². The van der Waals surface area contributed by atoms with E-state index in [0.29, 0.717) is 27.8 Å². The smallest absolute Gasteiger partial charge is 0.257 e. The van der Waals surface area contributed by atoms with Crippen molar-refractivity contribution in [3.05, 3.63) is 70.7 Å². The van der Waals surface area contributed by atoms with Crippen molar-refractivity contribution < 1.29 is 14.3 Å². The average Bonchev–Trinajstić information content (AvgIpc) is 3.10. The van der Waals surface area contributed by atoms with Gasteiger partial charge in [0.25, 0.3) is 5.91 Å². The Labute approximate surface area is 161 Å². The van der Waals surface area contributed by atoms with Gasteiger partial charge in [0, 0.05) is 10.9 Å². The van der Waals surface area contributed by atoms with Gasteiger partial charge in [0.05, 0.1) is 24.9 Å². The Kier molecular flexibility index (Phi) is 5.83. The van der Waals surface area contributed by atoms with Gasteiger partial charge in [-0.15, -0.1) is 11.3 Å². The van der Waals surface area contributed by atoms with Gasteiger partial charge < -0.3 is 10.1 Å². The van der Waals surface area contributed by atoms with Crippen LogP contribution in [0.1, 0.15) is 21.6 Å². The summed E-state index contributed by atoms with van der Waals surface area (Å²) in [6.07, 6.45) is 0.106. The zero-order valence-electron chi connectivity index (χ0n) is 15.0. The van der Waals surface area contributed by atoms with E-state index in [9.17, 15) is 9.59 Å². The highest BCUT2D eigenvalue weighted by Crippen LogP contribution is 2.25. The van der Waals surface area contributed by atoms with E-state index in [1.165, 1.54) is 11.3 Å². The van der Waals surface area contributed by atoms with Gasteiger partial charge in [-0.3, -0.25) is 14.9 Å². The van der Waals surface area contributed by atoms with Gasteiger partial charge in [-0.2, -0.15) is 0 Å². The number of nitrogens with zero attached hydrogens (tertiary/aromatic N) is 1. The minimum Gasteiger partial charge on any atom is -0.495 e. The monoisotopic (exact) mass is 381 g/mol. The van der Waals surface area contributed by atoms with Gasteiger partial charge in [0.1, 0.15) is 5.75 Å². The Morgan fingerprint density at radius 3 is 2.63 bits per heavy atom. The molecule has 0 aliphatic heterocycles. The molecule has 0 saturated carbocycles. The zero-order chi connectivity index (χ0) is 19.2. The molecule has 7 heteroatoms. The average molecular weight is 381 g/mol. The number of hydrogen-bond acceptors (Lipinski definition) is 5. The van der Waals surface area contributed by atoms with Crippen LogP contribution in [0.25, 0.3) is 0 Å². The van der Waals surface area contributed by atoms with Crippen LogP contribution >= 0.6 is 11.3 Å². The maximum atomic E-state index is 12.3. The first-order chi connectivity index (χ1) is 13.0. The van der Waals surface area contributed by atoms with E-state index in [1.54, 1.807) is 42.8 Å². The molecule has 0 atom stereocenters. The summed E-state index contributed by atoms with van der Waals surface area (Å²) < 4.78 is 5.29. The Morgan fingerprint density at radius 1 is 1.11 bits per heavy atom. The number of carbonyl (C=O) groups is 2. The molecule has 138 valence electrons. The highest BCUT2D eigenvalue weighted by atomic mass is 32.1. The molecule has 1 heterocycles. The highest BCUT2D eigenvalue weighted by molar-refractivity contribution is 7.14. The SMILES string of the molecule is COc1cc(C)ccc1NC(=O)Cc1csc(NC(=O)c2ccccc2)n1. The van der Waals surface area contributed by atoms with Crippen LogP contribution in [0.2, 0.25) is 0 Å². The number of rotatable bonds is 6. The molecule has 0 unspecified atom stereocenters. The summed E-state index contributed by atoms with van der Waals surface area (Å²) in [6.45, 7) is 1.95. The third-order valence-electron chi connectivity index (χ3n) is 3.78. The molecule has 2 amide bonds. The fourth-order valence-corrected chi connectivity index (χ4v) is 3.17. The molecular formula is C20H19N3O3S. The summed E-state index contributed by atoms with van der Waals surface area (Å²) >= 11 is 1.28. The standard InChI is InChI=1S/C20H19N3O3S/c1-13-8-9-16(17(10-13)26-2)22-18(24)11-15-12-27-20(21-15)23-19(25)14-6-4-3-5-7-14/h3-10,12H,11H2,1-2H3,(H,22,24)(H,21,23,25). The van der Waals surface area contributed by atoms with Gasteiger partial charge in [-0.05, 0) is 36.8 Å². The van der Waals surface area contributed by atoms with E-state index in [1.807, 2.05) is 25.1 Å². The summed E-state index contributed by atoms with van der Waals surface area (Å²) in [6, 6.07) is 14.5. The molecule has 3 aromatic rings. The summed E-state index contributed by atoms with van der Waals surface area (Å²) in [4.78, 5) is 28.8. The van der Waals surface area contributed by atoms with Crippen molar-refractivity contribution in [3.63, 3.8) is 0 Å². The Balaban J connectivity index is 1.60. The Hall–Kier alpha value is -3.19. The van der Waals surface area contributed by atoms with E-state index in [0.717, 1.165) is 5.56 Å². The zero-order valence-corrected chi connectivity index (χ0v) is 15.8. The number of nitrogens with one attached hydrogen (secondary N) is 2. The van der Waals surface area contributed by atoms with E-state index in [2.05, 4.69) is 15.6 Å². The van der Waals surface area contributed by atoms with Gasteiger partial charge in [0.15, 0.2) is 5.13 Å². The summed E-state index contributed by atoms with van der Waals surface area (Å²) in [5, 5.41) is 7.78. The van der Waals surface area contributed by atoms with Crippen LogP contribution in [-0.2, 0) is 11.2 Å². The molecule has 0 spiro atoms. The van der Waals surface area contributed by atoms with Crippen molar-refractivity contribution in [1.82, 2.24) is 4.98 Å². The van der Waals surface area contributed by atoms with Crippen LogP contribution in [0.5, 0.6) is 5.75 Å². The van der Waals surface area contributed by atoms with E-state index >= 15 is 0 Å². The lowest BCUT2D eigenvalue weighted by molar-refractivity contribution is -0.115. The van der Waals surface area contributed by atoms with Crippen molar-refractivity contribution in [3.8, 4) is 5.75 Å². The largest absolute Gasteiger partial charge is 0.495 e. The lowest BCUT2D eigenvalue weighted by atomic mass is 10.2.